The van der Waals surface area contributed by atoms with E-state index in [1.165, 1.54) is 16.3 Å². The fourth-order valence-corrected chi connectivity index (χ4v) is 6.68. The fraction of sp³-hybridized carbons (Fsp3) is 0.323. The smallest absolute Gasteiger partial charge is 0.338 e. The summed E-state index contributed by atoms with van der Waals surface area (Å²) in [6.07, 6.45) is 0.591. The van der Waals surface area contributed by atoms with Crippen molar-refractivity contribution in [3.05, 3.63) is 94.0 Å². The topological polar surface area (TPSA) is 65.5 Å². The SMILES string of the molecule is CCOC(=O)c1ccc(N2N=C(C)[C@@]3(Cc4cc(Br)ccc4N4CCN(Cc5ccccc5)C[C@H]43)C2=O)cc1. The number of anilines is 2. The van der Waals surface area contributed by atoms with Crippen molar-refractivity contribution in [1.29, 1.82) is 0 Å². The molecule has 0 saturated carbocycles. The molecule has 6 rings (SSSR count). The van der Waals surface area contributed by atoms with Crippen LogP contribution >= 0.6 is 15.9 Å². The maximum Gasteiger partial charge on any atom is 0.338 e. The normalized spacial score (nSPS) is 22.5. The van der Waals surface area contributed by atoms with Gasteiger partial charge in [0.15, 0.2) is 0 Å². The highest BCUT2D eigenvalue weighted by molar-refractivity contribution is 9.10. The van der Waals surface area contributed by atoms with Crippen molar-refractivity contribution in [3.8, 4) is 0 Å². The van der Waals surface area contributed by atoms with Crippen molar-refractivity contribution in [2.75, 3.05) is 36.1 Å². The van der Waals surface area contributed by atoms with Crippen molar-refractivity contribution in [2.24, 2.45) is 10.5 Å². The number of amides is 1. The number of nitrogens with zero attached hydrogens (tertiary/aromatic N) is 4. The maximum absolute atomic E-state index is 14.5. The number of hydrogen-bond acceptors (Lipinski definition) is 6. The first-order valence-corrected chi connectivity index (χ1v) is 14.2. The standard InChI is InChI=1S/C31H31BrN4O3/c1-3-39-29(37)23-9-12-26(13-10-23)36-30(38)31(21(2)33-36)18-24-17-25(32)11-14-27(24)35-16-15-34(20-28(31)35)19-22-7-5-4-6-8-22/h4-14,17,28H,3,15-16,18-20H2,1-2H3/t28-,31+/m0/s1. The van der Waals surface area contributed by atoms with E-state index in [2.05, 4.69) is 68.2 Å². The van der Waals surface area contributed by atoms with Gasteiger partial charge in [-0.2, -0.15) is 10.1 Å². The average molecular weight is 588 g/mol. The predicted molar refractivity (Wildman–Crippen MR) is 156 cm³/mol. The van der Waals surface area contributed by atoms with Crippen molar-refractivity contribution >= 4 is 44.9 Å². The molecule has 0 unspecified atom stereocenters. The molecule has 39 heavy (non-hydrogen) atoms. The zero-order valence-corrected chi connectivity index (χ0v) is 23.7. The predicted octanol–water partition coefficient (Wildman–Crippen LogP) is 5.28. The molecule has 0 radical (unpaired) electrons. The Balaban J connectivity index is 1.36. The molecular weight excluding hydrogens is 556 g/mol. The molecule has 0 N–H and O–H groups in total. The molecule has 0 bridgehead atoms. The van der Waals surface area contributed by atoms with Gasteiger partial charge in [0.1, 0.15) is 5.41 Å². The lowest BCUT2D eigenvalue weighted by Gasteiger charge is -2.53. The molecule has 1 fully saturated rings. The van der Waals surface area contributed by atoms with Gasteiger partial charge in [0, 0.05) is 36.3 Å². The Morgan fingerprint density at radius 2 is 1.85 bits per heavy atom. The zero-order chi connectivity index (χ0) is 27.1. The number of rotatable bonds is 5. The van der Waals surface area contributed by atoms with Crippen molar-refractivity contribution < 1.29 is 14.3 Å². The van der Waals surface area contributed by atoms with E-state index < -0.39 is 5.41 Å². The summed E-state index contributed by atoms with van der Waals surface area (Å²) in [5.41, 5.74) is 4.76. The Morgan fingerprint density at radius 3 is 2.59 bits per heavy atom. The summed E-state index contributed by atoms with van der Waals surface area (Å²) in [5, 5.41) is 6.38. The lowest BCUT2D eigenvalue weighted by molar-refractivity contribution is -0.125. The third kappa shape index (κ3) is 4.45. The van der Waals surface area contributed by atoms with E-state index in [-0.39, 0.29) is 17.9 Å². The first-order valence-electron chi connectivity index (χ1n) is 13.4. The zero-order valence-electron chi connectivity index (χ0n) is 22.1. The van der Waals surface area contributed by atoms with Crippen LogP contribution in [0.25, 0.3) is 0 Å². The minimum atomic E-state index is -0.789. The van der Waals surface area contributed by atoms with E-state index in [1.54, 1.807) is 31.2 Å². The largest absolute Gasteiger partial charge is 0.462 e. The van der Waals surface area contributed by atoms with Gasteiger partial charge < -0.3 is 9.64 Å². The van der Waals surface area contributed by atoms with Gasteiger partial charge in [0.2, 0.25) is 0 Å². The number of ether oxygens (including phenoxy) is 1. The summed E-state index contributed by atoms with van der Waals surface area (Å²) in [6.45, 7) is 7.44. The van der Waals surface area contributed by atoms with Crippen molar-refractivity contribution in [2.45, 2.75) is 32.9 Å². The molecule has 3 aliphatic heterocycles. The number of halogens is 1. The van der Waals surface area contributed by atoms with Gasteiger partial charge >= 0.3 is 5.97 Å². The molecule has 0 aliphatic carbocycles. The monoisotopic (exact) mass is 586 g/mol. The van der Waals surface area contributed by atoms with E-state index in [4.69, 9.17) is 9.84 Å². The quantitative estimate of drug-likeness (QED) is 0.380. The summed E-state index contributed by atoms with van der Waals surface area (Å²) < 4.78 is 6.12. The average Bonchev–Trinajstić information content (AvgIpc) is 3.19. The lowest BCUT2D eigenvalue weighted by Crippen LogP contribution is -2.66. The second-order valence-corrected chi connectivity index (χ2v) is 11.3. The summed E-state index contributed by atoms with van der Waals surface area (Å²) >= 11 is 3.64. The third-order valence-corrected chi connectivity index (χ3v) is 8.69. The molecule has 1 saturated heterocycles. The molecule has 3 aromatic carbocycles. The fourth-order valence-electron chi connectivity index (χ4n) is 6.27. The van der Waals surface area contributed by atoms with Crippen LogP contribution in [-0.2, 0) is 22.5 Å². The molecule has 1 spiro atoms. The van der Waals surface area contributed by atoms with E-state index in [0.717, 1.165) is 41.9 Å². The number of hydrogen-bond donors (Lipinski definition) is 0. The minimum Gasteiger partial charge on any atom is -0.462 e. The van der Waals surface area contributed by atoms with Crippen molar-refractivity contribution in [3.63, 3.8) is 0 Å². The van der Waals surface area contributed by atoms with Gasteiger partial charge in [0.05, 0.1) is 29.6 Å². The highest BCUT2D eigenvalue weighted by Crippen LogP contribution is 2.48. The minimum absolute atomic E-state index is 0.0222. The van der Waals surface area contributed by atoms with Crippen LogP contribution in [-0.4, -0.2) is 54.8 Å². The number of carbonyl (C=O) groups excluding carboxylic acids is 2. The van der Waals surface area contributed by atoms with E-state index in [9.17, 15) is 9.59 Å². The summed E-state index contributed by atoms with van der Waals surface area (Å²) in [5.74, 6) is -0.398. The molecule has 3 aromatic rings. The van der Waals surface area contributed by atoms with Crippen LogP contribution in [0.15, 0.2) is 82.4 Å². The molecule has 3 aliphatic rings. The first kappa shape index (κ1) is 25.8. The Morgan fingerprint density at radius 1 is 1.08 bits per heavy atom. The summed E-state index contributed by atoms with van der Waals surface area (Å²) in [4.78, 5) is 31.5. The van der Waals surface area contributed by atoms with Gasteiger partial charge in [0.25, 0.3) is 5.91 Å². The first-order chi connectivity index (χ1) is 18.9. The van der Waals surface area contributed by atoms with Crippen LogP contribution in [0.5, 0.6) is 0 Å². The number of piperazine rings is 1. The van der Waals surface area contributed by atoms with Gasteiger partial charge in [-0.05, 0) is 73.9 Å². The molecule has 0 aromatic heterocycles. The molecule has 200 valence electrons. The number of hydrazone groups is 1. The lowest BCUT2D eigenvalue weighted by atomic mass is 9.67. The molecule has 8 heteroatoms. The number of fused-ring (bicyclic) bond motifs is 4. The van der Waals surface area contributed by atoms with E-state index in [1.807, 2.05) is 13.0 Å². The molecule has 3 heterocycles. The molecular formula is C31H31BrN4O3. The number of esters is 1. The number of benzene rings is 3. The summed E-state index contributed by atoms with van der Waals surface area (Å²) in [6, 6.07) is 23.8. The Kier molecular flexibility index (Phi) is 6.77. The molecule has 2 atom stereocenters. The van der Waals surface area contributed by atoms with Crippen LogP contribution in [0.1, 0.15) is 35.3 Å². The Hall–Kier alpha value is -3.49. The maximum atomic E-state index is 14.5. The molecule has 1 amide bonds. The van der Waals surface area contributed by atoms with E-state index >= 15 is 0 Å². The highest BCUT2D eigenvalue weighted by Gasteiger charge is 2.59. The summed E-state index contributed by atoms with van der Waals surface area (Å²) in [7, 11) is 0. The van der Waals surface area contributed by atoms with Gasteiger partial charge in [-0.1, -0.05) is 46.3 Å². The van der Waals surface area contributed by atoms with Gasteiger partial charge in [-0.15, -0.1) is 0 Å². The highest BCUT2D eigenvalue weighted by atomic mass is 79.9. The Labute approximate surface area is 237 Å². The Bertz CT molecular complexity index is 1440. The third-order valence-electron chi connectivity index (χ3n) is 8.20. The van der Waals surface area contributed by atoms with Gasteiger partial charge in [-0.3, -0.25) is 9.69 Å². The second-order valence-electron chi connectivity index (χ2n) is 10.4. The van der Waals surface area contributed by atoms with Crippen LogP contribution in [0, 0.1) is 5.41 Å². The number of carbonyl (C=O) groups is 2. The van der Waals surface area contributed by atoms with Crippen LogP contribution in [0.3, 0.4) is 0 Å². The van der Waals surface area contributed by atoms with Crippen LogP contribution in [0.2, 0.25) is 0 Å². The van der Waals surface area contributed by atoms with Crippen LogP contribution in [0.4, 0.5) is 11.4 Å². The van der Waals surface area contributed by atoms with Crippen LogP contribution < -0.4 is 9.91 Å². The van der Waals surface area contributed by atoms with E-state index in [0.29, 0.717) is 24.3 Å². The second kappa shape index (κ2) is 10.2. The van der Waals surface area contributed by atoms with Gasteiger partial charge in [-0.25, -0.2) is 4.79 Å². The molecule has 7 nitrogen and oxygen atoms in total. The van der Waals surface area contributed by atoms with Crippen molar-refractivity contribution in [1.82, 2.24) is 4.90 Å².